The number of piperidine rings is 1. The highest BCUT2D eigenvalue weighted by Gasteiger charge is 2.41. The molecule has 0 aliphatic carbocycles. The SMILES string of the molecule is CCCCCCN1C(=O)C(c2ccc(C)cc2)=C(N2CCC(Cc3ccccc3)CC2)C1=O. The number of likely N-dealkylation sites (tertiary alicyclic amines) is 1. The summed E-state index contributed by atoms with van der Waals surface area (Å²) >= 11 is 0. The first-order chi connectivity index (χ1) is 16.1. The van der Waals surface area contributed by atoms with Gasteiger partial charge in [0.15, 0.2) is 0 Å². The molecule has 2 aliphatic rings. The van der Waals surface area contributed by atoms with Gasteiger partial charge in [-0.05, 0) is 49.7 Å². The fourth-order valence-corrected chi connectivity index (χ4v) is 5.04. The van der Waals surface area contributed by atoms with Crippen molar-refractivity contribution in [1.29, 1.82) is 0 Å². The van der Waals surface area contributed by atoms with Crippen molar-refractivity contribution in [3.63, 3.8) is 0 Å². The topological polar surface area (TPSA) is 40.6 Å². The molecule has 4 heteroatoms. The fourth-order valence-electron chi connectivity index (χ4n) is 5.04. The number of carbonyl (C=O) groups is 2. The lowest BCUT2D eigenvalue weighted by molar-refractivity contribution is -0.137. The zero-order chi connectivity index (χ0) is 23.2. The lowest BCUT2D eigenvalue weighted by atomic mass is 9.89. The molecule has 1 saturated heterocycles. The first-order valence-electron chi connectivity index (χ1n) is 12.5. The Hall–Kier alpha value is -2.88. The molecule has 2 heterocycles. The van der Waals surface area contributed by atoms with Gasteiger partial charge in [-0.15, -0.1) is 0 Å². The third kappa shape index (κ3) is 5.38. The molecule has 33 heavy (non-hydrogen) atoms. The van der Waals surface area contributed by atoms with E-state index in [1.54, 1.807) is 0 Å². The molecule has 2 aromatic rings. The van der Waals surface area contributed by atoms with Gasteiger partial charge in [0.25, 0.3) is 11.8 Å². The van der Waals surface area contributed by atoms with E-state index in [0.717, 1.165) is 69.2 Å². The monoisotopic (exact) mass is 444 g/mol. The second-order valence-corrected chi connectivity index (χ2v) is 9.53. The standard InChI is InChI=1S/C29H36N2O2/c1-3-4-5-9-18-31-28(32)26(25-14-12-22(2)13-15-25)27(29(31)33)30-19-16-24(17-20-30)21-23-10-7-6-8-11-23/h6-8,10-15,24H,3-5,9,16-21H2,1-2H3. The minimum Gasteiger partial charge on any atom is -0.366 e. The summed E-state index contributed by atoms with van der Waals surface area (Å²) < 4.78 is 0. The molecule has 2 aromatic carbocycles. The van der Waals surface area contributed by atoms with Crippen LogP contribution in [0.1, 0.15) is 62.1 Å². The first kappa shape index (κ1) is 23.3. The van der Waals surface area contributed by atoms with Crippen molar-refractivity contribution in [3.05, 3.63) is 77.0 Å². The van der Waals surface area contributed by atoms with Crippen LogP contribution in [0, 0.1) is 12.8 Å². The summed E-state index contributed by atoms with van der Waals surface area (Å²) in [7, 11) is 0. The van der Waals surface area contributed by atoms with Crippen LogP contribution in [0.25, 0.3) is 5.57 Å². The van der Waals surface area contributed by atoms with Crippen LogP contribution in [0.5, 0.6) is 0 Å². The second-order valence-electron chi connectivity index (χ2n) is 9.53. The number of hydrogen-bond acceptors (Lipinski definition) is 3. The second kappa shape index (κ2) is 10.8. The van der Waals surface area contributed by atoms with Gasteiger partial charge in [-0.2, -0.15) is 0 Å². The molecule has 4 nitrogen and oxygen atoms in total. The van der Waals surface area contributed by atoms with Crippen LogP contribution in [0.4, 0.5) is 0 Å². The summed E-state index contributed by atoms with van der Waals surface area (Å²) in [6, 6.07) is 18.7. The number of benzene rings is 2. The third-order valence-electron chi connectivity index (χ3n) is 7.02. The molecule has 0 radical (unpaired) electrons. The average molecular weight is 445 g/mol. The Bertz CT molecular complexity index is 986. The van der Waals surface area contributed by atoms with E-state index >= 15 is 0 Å². The number of aryl methyl sites for hydroxylation is 1. The van der Waals surface area contributed by atoms with E-state index in [-0.39, 0.29) is 11.8 Å². The van der Waals surface area contributed by atoms with Crippen molar-refractivity contribution >= 4 is 17.4 Å². The van der Waals surface area contributed by atoms with Crippen LogP contribution >= 0.6 is 0 Å². The Balaban J connectivity index is 1.52. The number of unbranched alkanes of at least 4 members (excludes halogenated alkanes) is 3. The highest BCUT2D eigenvalue weighted by Crippen LogP contribution is 2.34. The molecule has 0 atom stereocenters. The van der Waals surface area contributed by atoms with E-state index in [4.69, 9.17) is 0 Å². The van der Waals surface area contributed by atoms with Gasteiger partial charge in [0.1, 0.15) is 5.70 Å². The number of hydrogen-bond donors (Lipinski definition) is 0. The minimum atomic E-state index is -0.123. The molecule has 0 unspecified atom stereocenters. The van der Waals surface area contributed by atoms with Crippen LogP contribution in [-0.2, 0) is 16.0 Å². The average Bonchev–Trinajstić information content (AvgIpc) is 3.08. The molecule has 0 spiro atoms. The highest BCUT2D eigenvalue weighted by molar-refractivity contribution is 6.35. The van der Waals surface area contributed by atoms with Gasteiger partial charge < -0.3 is 4.90 Å². The number of rotatable bonds is 9. The van der Waals surface area contributed by atoms with Gasteiger partial charge in [0.2, 0.25) is 0 Å². The number of carbonyl (C=O) groups excluding carboxylic acids is 2. The van der Waals surface area contributed by atoms with Gasteiger partial charge in [-0.25, -0.2) is 0 Å². The summed E-state index contributed by atoms with van der Waals surface area (Å²) in [6.45, 7) is 6.37. The Morgan fingerprint density at radius 2 is 1.55 bits per heavy atom. The van der Waals surface area contributed by atoms with Gasteiger partial charge in [-0.3, -0.25) is 14.5 Å². The van der Waals surface area contributed by atoms with Crippen LogP contribution < -0.4 is 0 Å². The summed E-state index contributed by atoms with van der Waals surface area (Å²) in [6.07, 6.45) is 7.35. The van der Waals surface area contributed by atoms with Crippen LogP contribution in [0.3, 0.4) is 0 Å². The maximum absolute atomic E-state index is 13.5. The van der Waals surface area contributed by atoms with E-state index < -0.39 is 0 Å². The van der Waals surface area contributed by atoms with Crippen molar-refractivity contribution in [2.75, 3.05) is 19.6 Å². The van der Waals surface area contributed by atoms with Gasteiger partial charge in [0.05, 0.1) is 5.57 Å². The van der Waals surface area contributed by atoms with Crippen LogP contribution in [-0.4, -0.2) is 41.2 Å². The van der Waals surface area contributed by atoms with Crippen molar-refractivity contribution in [2.45, 2.75) is 58.8 Å². The normalized spacial score (nSPS) is 17.4. The quantitative estimate of drug-likeness (QED) is 0.373. The third-order valence-corrected chi connectivity index (χ3v) is 7.02. The number of imide groups is 1. The number of amides is 2. The molecular formula is C29H36N2O2. The Morgan fingerprint density at radius 1 is 0.848 bits per heavy atom. The molecule has 0 saturated carbocycles. The van der Waals surface area contributed by atoms with E-state index in [9.17, 15) is 9.59 Å². The summed E-state index contributed by atoms with van der Waals surface area (Å²) in [5, 5.41) is 0. The molecule has 174 valence electrons. The molecular weight excluding hydrogens is 408 g/mol. The van der Waals surface area contributed by atoms with Crippen molar-refractivity contribution in [3.8, 4) is 0 Å². The summed E-state index contributed by atoms with van der Waals surface area (Å²) in [5.41, 5.74) is 4.60. The zero-order valence-corrected chi connectivity index (χ0v) is 20.1. The fraction of sp³-hybridized carbons (Fsp3) is 0.448. The van der Waals surface area contributed by atoms with E-state index in [1.165, 1.54) is 10.5 Å². The van der Waals surface area contributed by atoms with E-state index in [1.807, 2.05) is 31.2 Å². The molecule has 0 N–H and O–H groups in total. The van der Waals surface area contributed by atoms with Crippen LogP contribution in [0.15, 0.2) is 60.3 Å². The number of nitrogens with zero attached hydrogens (tertiary/aromatic N) is 2. The summed E-state index contributed by atoms with van der Waals surface area (Å²) in [4.78, 5) is 30.6. The molecule has 2 amide bonds. The van der Waals surface area contributed by atoms with Crippen molar-refractivity contribution in [1.82, 2.24) is 9.80 Å². The predicted octanol–water partition coefficient (Wildman–Crippen LogP) is 5.61. The first-order valence-corrected chi connectivity index (χ1v) is 12.5. The maximum atomic E-state index is 13.5. The predicted molar refractivity (Wildman–Crippen MR) is 133 cm³/mol. The van der Waals surface area contributed by atoms with E-state index in [2.05, 4.69) is 42.2 Å². The molecule has 0 bridgehead atoms. The molecule has 0 aromatic heterocycles. The minimum absolute atomic E-state index is 0.103. The maximum Gasteiger partial charge on any atom is 0.277 e. The highest BCUT2D eigenvalue weighted by atomic mass is 16.2. The van der Waals surface area contributed by atoms with Gasteiger partial charge in [-0.1, -0.05) is 86.3 Å². The molecule has 1 fully saturated rings. The smallest absolute Gasteiger partial charge is 0.277 e. The largest absolute Gasteiger partial charge is 0.366 e. The van der Waals surface area contributed by atoms with Gasteiger partial charge >= 0.3 is 0 Å². The molecule has 4 rings (SSSR count). The lowest BCUT2D eigenvalue weighted by Gasteiger charge is -2.34. The molecule has 2 aliphatic heterocycles. The Morgan fingerprint density at radius 3 is 2.21 bits per heavy atom. The lowest BCUT2D eigenvalue weighted by Crippen LogP contribution is -2.39. The van der Waals surface area contributed by atoms with Gasteiger partial charge in [0, 0.05) is 19.6 Å². The Labute approximate surface area is 198 Å². The van der Waals surface area contributed by atoms with Crippen LogP contribution in [0.2, 0.25) is 0 Å². The summed E-state index contributed by atoms with van der Waals surface area (Å²) in [5.74, 6) is 0.389. The Kier molecular flexibility index (Phi) is 7.64. The van der Waals surface area contributed by atoms with E-state index in [0.29, 0.717) is 23.7 Å². The van der Waals surface area contributed by atoms with Crippen molar-refractivity contribution < 1.29 is 9.59 Å². The van der Waals surface area contributed by atoms with Crippen molar-refractivity contribution in [2.24, 2.45) is 5.92 Å². The zero-order valence-electron chi connectivity index (χ0n) is 20.1.